The highest BCUT2D eigenvalue weighted by molar-refractivity contribution is 7.13. The van der Waals surface area contributed by atoms with Crippen molar-refractivity contribution >= 4 is 44.7 Å². The van der Waals surface area contributed by atoms with Crippen molar-refractivity contribution in [2.75, 3.05) is 0 Å². The van der Waals surface area contributed by atoms with Crippen molar-refractivity contribution in [2.45, 2.75) is 39.8 Å². The Morgan fingerprint density at radius 3 is 1.64 bits per heavy atom. The molecule has 1 aromatic carbocycles. The highest BCUT2D eigenvalue weighted by Gasteiger charge is 2.19. The molecule has 0 aliphatic rings. The number of hydrogen-bond donors (Lipinski definition) is 0. The minimum atomic E-state index is 0.915. The molecule has 0 radical (unpaired) electrons. The van der Waals surface area contributed by atoms with E-state index in [0.29, 0.717) is 0 Å². The number of fused-ring (bicyclic) bond motifs is 2. The van der Waals surface area contributed by atoms with Crippen molar-refractivity contribution < 1.29 is 0 Å². The van der Waals surface area contributed by atoms with E-state index in [1.54, 1.807) is 22.7 Å². The molecule has 142 valence electrons. The van der Waals surface area contributed by atoms with Gasteiger partial charge in [-0.05, 0) is 25.0 Å². The summed E-state index contributed by atoms with van der Waals surface area (Å²) in [4.78, 5) is 18.8. The number of hydrogen-bond acceptors (Lipinski definition) is 6. The number of benzene rings is 1. The van der Waals surface area contributed by atoms with Gasteiger partial charge < -0.3 is 9.13 Å². The summed E-state index contributed by atoms with van der Waals surface area (Å²) in [6, 6.07) is 4.35. The first kappa shape index (κ1) is 17.5. The first-order valence-corrected chi connectivity index (χ1v) is 11.3. The Morgan fingerprint density at radius 1 is 0.750 bits per heavy atom. The summed E-state index contributed by atoms with van der Waals surface area (Å²) in [6.45, 7) is 6.21. The molecular weight excluding hydrogens is 388 g/mol. The van der Waals surface area contributed by atoms with Crippen molar-refractivity contribution in [1.82, 2.24) is 29.1 Å². The third kappa shape index (κ3) is 2.75. The van der Waals surface area contributed by atoms with Crippen LogP contribution in [0.4, 0.5) is 0 Å². The van der Waals surface area contributed by atoms with E-state index in [-0.39, 0.29) is 0 Å². The fourth-order valence-corrected chi connectivity index (χ4v) is 4.90. The topological polar surface area (TPSA) is 61.4 Å². The third-order valence-electron chi connectivity index (χ3n) is 4.76. The maximum atomic E-state index is 4.92. The van der Waals surface area contributed by atoms with Crippen LogP contribution in [-0.4, -0.2) is 29.1 Å². The number of nitrogens with zero attached hydrogens (tertiary/aromatic N) is 6. The van der Waals surface area contributed by atoms with Crippen LogP contribution < -0.4 is 0 Å². The minimum absolute atomic E-state index is 0.915. The van der Waals surface area contributed by atoms with E-state index in [4.69, 9.17) is 9.97 Å². The maximum absolute atomic E-state index is 4.92. The van der Waals surface area contributed by atoms with Gasteiger partial charge in [-0.25, -0.2) is 19.9 Å². The molecular formula is C20H20N6S2. The molecule has 28 heavy (non-hydrogen) atoms. The van der Waals surface area contributed by atoms with Crippen LogP contribution in [0.2, 0.25) is 0 Å². The summed E-state index contributed by atoms with van der Waals surface area (Å²) in [5, 5.41) is 5.92. The van der Waals surface area contributed by atoms with E-state index >= 15 is 0 Å². The Bertz CT molecular complexity index is 1140. The SMILES string of the molecule is CCCn1c(-c2nccs2)nc2cc3nc(-c4nccs4)n(CCC)c3cc21. The van der Waals surface area contributed by atoms with Gasteiger partial charge in [-0.15, -0.1) is 22.7 Å². The molecule has 0 N–H and O–H groups in total. The Morgan fingerprint density at radius 2 is 1.25 bits per heavy atom. The fraction of sp³-hybridized carbons (Fsp3) is 0.300. The van der Waals surface area contributed by atoms with E-state index in [1.807, 2.05) is 23.2 Å². The highest BCUT2D eigenvalue weighted by atomic mass is 32.1. The predicted octanol–water partition coefficient (Wildman–Crippen LogP) is 5.45. The van der Waals surface area contributed by atoms with Gasteiger partial charge in [-0.3, -0.25) is 0 Å². The second-order valence-corrected chi connectivity index (χ2v) is 8.47. The molecule has 0 amide bonds. The van der Waals surface area contributed by atoms with E-state index < -0.39 is 0 Å². The molecule has 0 saturated carbocycles. The molecule has 5 aromatic rings. The zero-order valence-corrected chi connectivity index (χ0v) is 17.4. The third-order valence-corrected chi connectivity index (χ3v) is 6.30. The summed E-state index contributed by atoms with van der Waals surface area (Å²) in [5.41, 5.74) is 4.22. The van der Waals surface area contributed by atoms with E-state index in [1.165, 1.54) is 0 Å². The van der Waals surface area contributed by atoms with E-state index in [0.717, 1.165) is 69.7 Å². The highest BCUT2D eigenvalue weighted by Crippen LogP contribution is 2.32. The van der Waals surface area contributed by atoms with Crippen LogP contribution in [0.25, 0.3) is 43.7 Å². The Hall–Kier alpha value is -2.58. The lowest BCUT2D eigenvalue weighted by atomic mass is 10.2. The van der Waals surface area contributed by atoms with Crippen LogP contribution in [-0.2, 0) is 13.1 Å². The molecule has 6 nitrogen and oxygen atoms in total. The summed E-state index contributed by atoms with van der Waals surface area (Å²) in [7, 11) is 0. The van der Waals surface area contributed by atoms with Gasteiger partial charge in [0.2, 0.25) is 0 Å². The largest absolute Gasteiger partial charge is 0.322 e. The summed E-state index contributed by atoms with van der Waals surface area (Å²) >= 11 is 3.25. The Labute approximate surface area is 170 Å². The molecule has 0 aliphatic carbocycles. The molecule has 0 spiro atoms. The summed E-state index contributed by atoms with van der Waals surface area (Å²) in [6.07, 6.45) is 5.76. The Kier molecular flexibility index (Phi) is 4.44. The zero-order valence-electron chi connectivity index (χ0n) is 15.8. The first-order chi connectivity index (χ1) is 13.8. The normalized spacial score (nSPS) is 11.8. The molecule has 0 aliphatic heterocycles. The van der Waals surface area contributed by atoms with Crippen molar-refractivity contribution in [1.29, 1.82) is 0 Å². The number of thiazole rings is 2. The standard InChI is InChI=1S/C20H20N6S2/c1-3-7-25-15-12-16-14(11-13(15)23-17(25)19-21-5-9-27-19)24-18(26(16)8-4-2)20-22-6-10-28-20/h5-6,9-12H,3-4,7-8H2,1-2H3. The molecule has 0 atom stereocenters. The van der Waals surface area contributed by atoms with Gasteiger partial charge in [-0.2, -0.15) is 0 Å². The smallest absolute Gasteiger partial charge is 0.170 e. The molecule has 0 fully saturated rings. The van der Waals surface area contributed by atoms with Crippen LogP contribution in [0.5, 0.6) is 0 Å². The molecule has 4 heterocycles. The lowest BCUT2D eigenvalue weighted by molar-refractivity contribution is 0.699. The average molecular weight is 409 g/mol. The van der Waals surface area contributed by atoms with E-state index in [9.17, 15) is 0 Å². The number of aromatic nitrogens is 6. The second kappa shape index (κ2) is 7.10. The Balaban J connectivity index is 1.78. The van der Waals surface area contributed by atoms with Crippen molar-refractivity contribution in [2.24, 2.45) is 0 Å². The number of rotatable bonds is 6. The zero-order chi connectivity index (χ0) is 19.1. The molecule has 5 rings (SSSR count). The van der Waals surface area contributed by atoms with Gasteiger partial charge in [0.1, 0.15) is 0 Å². The van der Waals surface area contributed by atoms with Gasteiger partial charge in [0, 0.05) is 36.2 Å². The van der Waals surface area contributed by atoms with Gasteiger partial charge in [0.25, 0.3) is 0 Å². The molecule has 0 bridgehead atoms. The van der Waals surface area contributed by atoms with Gasteiger partial charge in [0.05, 0.1) is 22.1 Å². The van der Waals surface area contributed by atoms with Crippen molar-refractivity contribution in [3.8, 4) is 21.7 Å². The van der Waals surface area contributed by atoms with Gasteiger partial charge in [-0.1, -0.05) is 13.8 Å². The lowest BCUT2D eigenvalue weighted by Crippen LogP contribution is -2.01. The predicted molar refractivity (Wildman–Crippen MR) is 116 cm³/mol. The van der Waals surface area contributed by atoms with E-state index in [2.05, 4.69) is 45.1 Å². The first-order valence-electron chi connectivity index (χ1n) is 9.50. The second-order valence-electron chi connectivity index (χ2n) is 6.68. The summed E-state index contributed by atoms with van der Waals surface area (Å²) < 4.78 is 4.58. The number of imidazole rings is 2. The van der Waals surface area contributed by atoms with Gasteiger partial charge >= 0.3 is 0 Å². The molecule has 0 unspecified atom stereocenters. The summed E-state index contributed by atoms with van der Waals surface area (Å²) in [5.74, 6) is 1.89. The molecule has 0 saturated heterocycles. The van der Waals surface area contributed by atoms with Crippen LogP contribution in [0.1, 0.15) is 26.7 Å². The fourth-order valence-electron chi connectivity index (χ4n) is 3.64. The lowest BCUT2D eigenvalue weighted by Gasteiger charge is -2.08. The van der Waals surface area contributed by atoms with Crippen molar-refractivity contribution in [3.05, 3.63) is 35.3 Å². The van der Waals surface area contributed by atoms with Crippen LogP contribution in [0.3, 0.4) is 0 Å². The minimum Gasteiger partial charge on any atom is -0.322 e. The number of aryl methyl sites for hydroxylation is 2. The average Bonchev–Trinajstić information content (AvgIpc) is 3.48. The molecule has 8 heteroatoms. The van der Waals surface area contributed by atoms with Crippen LogP contribution in [0.15, 0.2) is 35.3 Å². The monoisotopic (exact) mass is 408 g/mol. The van der Waals surface area contributed by atoms with Crippen LogP contribution in [0, 0.1) is 0 Å². The maximum Gasteiger partial charge on any atom is 0.170 e. The quantitative estimate of drug-likeness (QED) is 0.375. The van der Waals surface area contributed by atoms with Gasteiger partial charge in [0.15, 0.2) is 21.7 Å². The van der Waals surface area contributed by atoms with Crippen molar-refractivity contribution in [3.63, 3.8) is 0 Å². The molecule has 4 aromatic heterocycles. The van der Waals surface area contributed by atoms with Crippen LogP contribution >= 0.6 is 22.7 Å².